The molecule has 0 amide bonds. The van der Waals surface area contributed by atoms with Gasteiger partial charge in [-0.05, 0) is 31.0 Å². The monoisotopic (exact) mass is 161 g/mol. The summed E-state index contributed by atoms with van der Waals surface area (Å²) in [6, 6.07) is 1.88. The van der Waals surface area contributed by atoms with Crippen molar-refractivity contribution in [1.82, 2.24) is 4.98 Å². The van der Waals surface area contributed by atoms with Gasteiger partial charge in [0.1, 0.15) is 5.82 Å². The first-order valence-electron chi connectivity index (χ1n) is 3.83. The Morgan fingerprint density at radius 1 is 1.58 bits per heavy atom. The summed E-state index contributed by atoms with van der Waals surface area (Å²) in [4.78, 5) is 4.21. The lowest BCUT2D eigenvalue weighted by Crippen LogP contribution is -2.06. The van der Waals surface area contributed by atoms with Crippen LogP contribution in [-0.2, 0) is 6.54 Å². The van der Waals surface area contributed by atoms with Crippen LogP contribution in [0.3, 0.4) is 0 Å². The molecule has 0 bridgehead atoms. The number of nitrogens with zero attached hydrogens (tertiary/aromatic N) is 1. The fourth-order valence-corrected chi connectivity index (χ4v) is 1.24. The number of aromatic nitrogens is 1. The van der Waals surface area contributed by atoms with Crippen molar-refractivity contribution in [2.45, 2.75) is 20.4 Å². The molecule has 1 rings (SSSR count). The number of hydrogen-bond acceptors (Lipinski definition) is 3. The van der Waals surface area contributed by atoms with Gasteiger partial charge in [0.2, 0.25) is 7.98 Å². The van der Waals surface area contributed by atoms with E-state index in [9.17, 15) is 0 Å². The van der Waals surface area contributed by atoms with Crippen molar-refractivity contribution in [1.29, 1.82) is 0 Å². The molecule has 0 spiro atoms. The van der Waals surface area contributed by atoms with E-state index in [0.717, 1.165) is 16.8 Å². The van der Waals surface area contributed by atoms with Gasteiger partial charge in [-0.25, -0.2) is 4.98 Å². The first kappa shape index (κ1) is 9.07. The van der Waals surface area contributed by atoms with Crippen LogP contribution in [0.15, 0.2) is 6.07 Å². The molecule has 1 aromatic heterocycles. The van der Waals surface area contributed by atoms with Crippen LogP contribution in [-0.4, -0.2) is 13.0 Å². The van der Waals surface area contributed by atoms with Gasteiger partial charge in [0, 0.05) is 12.2 Å². The van der Waals surface area contributed by atoms with Gasteiger partial charge >= 0.3 is 0 Å². The lowest BCUT2D eigenvalue weighted by atomic mass is 10.1. The summed E-state index contributed by atoms with van der Waals surface area (Å²) in [6.07, 6.45) is 0. The molecule has 4 heteroatoms. The lowest BCUT2D eigenvalue weighted by Gasteiger charge is -2.09. The van der Waals surface area contributed by atoms with Gasteiger partial charge in [0.25, 0.3) is 0 Å². The minimum Gasteiger partial charge on any atom is -0.423 e. The van der Waals surface area contributed by atoms with Gasteiger partial charge in [0.15, 0.2) is 0 Å². The third-order valence-electron chi connectivity index (χ3n) is 1.91. The first-order valence-corrected chi connectivity index (χ1v) is 3.83. The molecule has 0 fully saturated rings. The molecule has 0 aliphatic carbocycles. The Balaban J connectivity index is 3.18. The number of nitrogens with two attached hydrogens (primary N) is 1. The maximum Gasteiger partial charge on any atom is 0.224 e. The number of aryl methyl sites for hydroxylation is 2. The van der Waals surface area contributed by atoms with Crippen LogP contribution < -0.4 is 11.0 Å². The van der Waals surface area contributed by atoms with E-state index in [-0.39, 0.29) is 0 Å². The summed E-state index contributed by atoms with van der Waals surface area (Å²) in [5.74, 6) is 0.683. The van der Waals surface area contributed by atoms with E-state index in [2.05, 4.69) is 10.2 Å². The van der Waals surface area contributed by atoms with E-state index in [4.69, 9.17) is 13.7 Å². The van der Waals surface area contributed by atoms with E-state index >= 15 is 0 Å². The summed E-state index contributed by atoms with van der Waals surface area (Å²) in [7, 11) is 5.24. The van der Waals surface area contributed by atoms with E-state index < -0.39 is 0 Å². The SMILES string of the molecule is [B]Nc1cc(C)c(CN)c(C)n1. The van der Waals surface area contributed by atoms with Crippen LogP contribution in [0.25, 0.3) is 0 Å². The van der Waals surface area contributed by atoms with Crippen LogP contribution in [0.2, 0.25) is 0 Å². The van der Waals surface area contributed by atoms with Gasteiger partial charge < -0.3 is 11.0 Å². The minimum absolute atomic E-state index is 0.523. The predicted octanol–water partition coefficient (Wildman–Crippen LogP) is 0.653. The molecule has 1 aromatic rings. The highest BCUT2D eigenvalue weighted by atomic mass is 14.9. The smallest absolute Gasteiger partial charge is 0.224 e. The normalized spacial score (nSPS) is 9.92. The molecule has 2 radical (unpaired) electrons. The molecule has 3 N–H and O–H groups in total. The third kappa shape index (κ3) is 1.59. The van der Waals surface area contributed by atoms with Crippen molar-refractivity contribution in [2.24, 2.45) is 5.73 Å². The standard InChI is InChI=1S/C8H12BN3/c1-5-3-8(12-9)11-6(2)7(5)4-10/h3H,4,10H2,1-2H3,(H,11,12). The molecule has 3 nitrogen and oxygen atoms in total. The van der Waals surface area contributed by atoms with Crippen LogP contribution in [0.4, 0.5) is 5.82 Å². The van der Waals surface area contributed by atoms with Crippen molar-refractivity contribution in [2.75, 3.05) is 5.23 Å². The average Bonchev–Trinajstić information content (AvgIpc) is 2.03. The van der Waals surface area contributed by atoms with Crippen LogP contribution in [0, 0.1) is 13.8 Å². The molecule has 0 aromatic carbocycles. The Bertz CT molecular complexity index is 263. The molecular formula is C8H12BN3. The second-order valence-corrected chi connectivity index (χ2v) is 2.74. The summed E-state index contributed by atoms with van der Waals surface area (Å²) >= 11 is 0. The van der Waals surface area contributed by atoms with Crippen LogP contribution in [0.5, 0.6) is 0 Å². The quantitative estimate of drug-likeness (QED) is 0.626. The molecule has 62 valence electrons. The zero-order valence-electron chi connectivity index (χ0n) is 7.39. The molecule has 0 saturated carbocycles. The Morgan fingerprint density at radius 3 is 2.67 bits per heavy atom. The minimum atomic E-state index is 0.523. The van der Waals surface area contributed by atoms with Crippen molar-refractivity contribution in [3.05, 3.63) is 22.9 Å². The molecule has 0 unspecified atom stereocenters. The molecule has 12 heavy (non-hydrogen) atoms. The largest absolute Gasteiger partial charge is 0.423 e. The highest BCUT2D eigenvalue weighted by Gasteiger charge is 2.03. The van der Waals surface area contributed by atoms with Crippen molar-refractivity contribution in [3.8, 4) is 0 Å². The average molecular weight is 161 g/mol. The Kier molecular flexibility index (Phi) is 2.71. The maximum absolute atomic E-state index is 5.55. The second kappa shape index (κ2) is 3.58. The van der Waals surface area contributed by atoms with Crippen molar-refractivity contribution >= 4 is 13.8 Å². The zero-order chi connectivity index (χ0) is 9.14. The second-order valence-electron chi connectivity index (χ2n) is 2.74. The van der Waals surface area contributed by atoms with Gasteiger partial charge in [-0.2, -0.15) is 0 Å². The fourth-order valence-electron chi connectivity index (χ4n) is 1.24. The number of pyridine rings is 1. The Hall–Kier alpha value is -1.03. The Morgan fingerprint density at radius 2 is 2.25 bits per heavy atom. The number of nitrogens with one attached hydrogen (secondary N) is 1. The summed E-state index contributed by atoms with van der Waals surface area (Å²) < 4.78 is 0. The Labute approximate surface area is 73.8 Å². The third-order valence-corrected chi connectivity index (χ3v) is 1.91. The molecule has 0 aliphatic rings. The van der Waals surface area contributed by atoms with E-state index in [1.807, 2.05) is 19.9 Å². The number of hydrogen-bond donors (Lipinski definition) is 2. The molecule has 0 saturated heterocycles. The topological polar surface area (TPSA) is 50.9 Å². The molecule has 0 aliphatic heterocycles. The van der Waals surface area contributed by atoms with Gasteiger partial charge in [0.05, 0.1) is 0 Å². The zero-order valence-corrected chi connectivity index (χ0v) is 7.39. The first-order chi connectivity index (χ1) is 5.69. The fraction of sp³-hybridized carbons (Fsp3) is 0.375. The van der Waals surface area contributed by atoms with Crippen molar-refractivity contribution in [3.63, 3.8) is 0 Å². The van der Waals surface area contributed by atoms with Gasteiger partial charge in [-0.3, -0.25) is 0 Å². The highest BCUT2D eigenvalue weighted by Crippen LogP contribution is 2.14. The molecule has 1 heterocycles. The predicted molar refractivity (Wildman–Crippen MR) is 51.0 cm³/mol. The summed E-state index contributed by atoms with van der Waals surface area (Å²) in [5.41, 5.74) is 8.70. The van der Waals surface area contributed by atoms with Crippen LogP contribution >= 0.6 is 0 Å². The van der Waals surface area contributed by atoms with Crippen LogP contribution in [0.1, 0.15) is 16.8 Å². The highest BCUT2D eigenvalue weighted by molar-refractivity contribution is 6.15. The number of rotatable bonds is 2. The lowest BCUT2D eigenvalue weighted by molar-refractivity contribution is 0.990. The number of anilines is 1. The van der Waals surface area contributed by atoms with Gasteiger partial charge in [-0.15, -0.1) is 0 Å². The van der Waals surface area contributed by atoms with Gasteiger partial charge in [-0.1, -0.05) is 0 Å². The summed E-state index contributed by atoms with van der Waals surface area (Å²) in [5, 5.41) is 2.51. The van der Waals surface area contributed by atoms with E-state index in [1.165, 1.54) is 0 Å². The van der Waals surface area contributed by atoms with E-state index in [0.29, 0.717) is 12.4 Å². The molecular weight excluding hydrogens is 149 g/mol. The van der Waals surface area contributed by atoms with Crippen molar-refractivity contribution < 1.29 is 0 Å². The maximum atomic E-state index is 5.55. The summed E-state index contributed by atoms with van der Waals surface area (Å²) in [6.45, 7) is 4.45. The molecule has 0 atom stereocenters. The van der Waals surface area contributed by atoms with E-state index in [1.54, 1.807) is 0 Å².